The van der Waals surface area contributed by atoms with E-state index in [0.29, 0.717) is 13.0 Å². The molecule has 156 valence electrons. The van der Waals surface area contributed by atoms with Crippen molar-refractivity contribution in [1.82, 2.24) is 24.5 Å². The largest absolute Gasteiger partial charge is 0.360 e. The minimum absolute atomic E-state index is 0.403. The second-order valence-electron chi connectivity index (χ2n) is 7.10. The predicted octanol–water partition coefficient (Wildman–Crippen LogP) is 3.76. The molecular weight excluding hydrogens is 418 g/mol. The van der Waals surface area contributed by atoms with Crippen molar-refractivity contribution in [2.75, 3.05) is 18.6 Å². The van der Waals surface area contributed by atoms with Crippen molar-refractivity contribution in [2.45, 2.75) is 18.5 Å². The van der Waals surface area contributed by atoms with Crippen molar-refractivity contribution in [1.29, 1.82) is 0 Å². The van der Waals surface area contributed by atoms with Gasteiger partial charge in [0.2, 0.25) is 10.0 Å². The van der Waals surface area contributed by atoms with E-state index in [-0.39, 0.29) is 0 Å². The van der Waals surface area contributed by atoms with Crippen LogP contribution in [0.25, 0.3) is 28.0 Å². The number of aryl methyl sites for hydroxylation is 1. The molecule has 30 heavy (non-hydrogen) atoms. The minimum Gasteiger partial charge on any atom is -0.360 e. The molecule has 0 saturated carbocycles. The number of nitrogens with zero attached hydrogens (tertiary/aromatic N) is 3. The van der Waals surface area contributed by atoms with Crippen molar-refractivity contribution >= 4 is 32.7 Å². The molecule has 4 rings (SSSR count). The molecule has 4 aromatic rings. The Bertz CT molecular complexity index is 1280. The van der Waals surface area contributed by atoms with E-state index in [1.807, 2.05) is 36.5 Å². The van der Waals surface area contributed by atoms with Crippen LogP contribution in [0.15, 0.2) is 59.9 Å². The summed E-state index contributed by atoms with van der Waals surface area (Å²) in [6.45, 7) is 2.46. The summed E-state index contributed by atoms with van der Waals surface area (Å²) in [4.78, 5) is 3.31. The van der Waals surface area contributed by atoms with E-state index in [0.717, 1.165) is 44.5 Å². The fraction of sp³-hybridized carbons (Fsp3) is 0.238. The van der Waals surface area contributed by atoms with Crippen molar-refractivity contribution in [3.8, 4) is 17.1 Å². The number of para-hydroxylation sites is 1. The highest BCUT2D eigenvalue weighted by Gasteiger charge is 2.19. The molecular formula is C21H23N5O2S2. The molecule has 0 radical (unpaired) electrons. The first-order valence-electron chi connectivity index (χ1n) is 9.59. The van der Waals surface area contributed by atoms with Crippen LogP contribution in [0.4, 0.5) is 0 Å². The van der Waals surface area contributed by atoms with Crippen LogP contribution in [0.3, 0.4) is 0 Å². The van der Waals surface area contributed by atoms with Gasteiger partial charge in [-0.15, -0.1) is 10.2 Å². The number of aromatic amines is 1. The molecule has 0 atom stereocenters. The summed E-state index contributed by atoms with van der Waals surface area (Å²) in [6, 6.07) is 16.4. The first kappa shape index (κ1) is 20.6. The minimum atomic E-state index is -3.17. The van der Waals surface area contributed by atoms with Crippen LogP contribution >= 0.6 is 11.8 Å². The second-order valence-corrected chi connectivity index (χ2v) is 9.99. The van der Waals surface area contributed by atoms with Gasteiger partial charge in [0, 0.05) is 40.6 Å². The number of hydrogen-bond acceptors (Lipinski definition) is 5. The van der Waals surface area contributed by atoms with Gasteiger partial charge in [-0.2, -0.15) is 0 Å². The summed E-state index contributed by atoms with van der Waals surface area (Å²) in [5, 5.41) is 10.8. The zero-order valence-electron chi connectivity index (χ0n) is 16.8. The Kier molecular flexibility index (Phi) is 5.94. The molecule has 0 aliphatic heterocycles. The number of H-pyrrole nitrogens is 1. The Balaban J connectivity index is 1.67. The molecule has 0 bridgehead atoms. The van der Waals surface area contributed by atoms with Gasteiger partial charge in [-0.25, -0.2) is 13.1 Å². The molecule has 0 unspecified atom stereocenters. The van der Waals surface area contributed by atoms with Crippen molar-refractivity contribution in [2.24, 2.45) is 0 Å². The zero-order chi connectivity index (χ0) is 21.1. The van der Waals surface area contributed by atoms with E-state index in [9.17, 15) is 8.42 Å². The van der Waals surface area contributed by atoms with Gasteiger partial charge in [-0.05, 0) is 37.1 Å². The number of hydrogen-bond donors (Lipinski definition) is 2. The van der Waals surface area contributed by atoms with Crippen molar-refractivity contribution in [3.05, 3.63) is 60.3 Å². The summed E-state index contributed by atoms with van der Waals surface area (Å²) in [5.74, 6) is 1.50. The topological polar surface area (TPSA) is 92.7 Å². The quantitative estimate of drug-likeness (QED) is 0.321. The van der Waals surface area contributed by atoms with E-state index in [1.165, 1.54) is 6.26 Å². The van der Waals surface area contributed by atoms with E-state index in [4.69, 9.17) is 0 Å². The summed E-state index contributed by atoms with van der Waals surface area (Å²) in [5.41, 5.74) is 4.19. The third-order valence-corrected chi connectivity index (χ3v) is 6.38. The number of thioether (sulfide) groups is 1. The molecule has 0 spiro atoms. The van der Waals surface area contributed by atoms with E-state index in [2.05, 4.69) is 49.6 Å². The first-order chi connectivity index (χ1) is 14.4. The molecule has 9 heteroatoms. The Hall–Kier alpha value is -2.62. The summed E-state index contributed by atoms with van der Waals surface area (Å²) >= 11 is 1.57. The fourth-order valence-electron chi connectivity index (χ4n) is 3.29. The molecule has 0 fully saturated rings. The number of nitrogens with one attached hydrogen (secondary N) is 2. The van der Waals surface area contributed by atoms with Crippen LogP contribution < -0.4 is 4.72 Å². The molecule has 0 aliphatic carbocycles. The molecule has 2 N–H and O–H groups in total. The highest BCUT2D eigenvalue weighted by molar-refractivity contribution is 7.99. The predicted molar refractivity (Wildman–Crippen MR) is 122 cm³/mol. The number of sulfonamides is 1. The van der Waals surface area contributed by atoms with E-state index >= 15 is 0 Å². The number of rotatable bonds is 8. The molecule has 0 aliphatic rings. The number of aromatic nitrogens is 4. The van der Waals surface area contributed by atoms with Crippen LogP contribution in [0.2, 0.25) is 0 Å². The first-order valence-corrected chi connectivity index (χ1v) is 12.5. The molecule has 2 heterocycles. The Morgan fingerprint density at radius 2 is 1.97 bits per heavy atom. The third-order valence-electron chi connectivity index (χ3n) is 4.64. The smallest absolute Gasteiger partial charge is 0.208 e. The maximum Gasteiger partial charge on any atom is 0.208 e. The van der Waals surface area contributed by atoms with Gasteiger partial charge in [0.25, 0.3) is 0 Å². The average molecular weight is 442 g/mol. The van der Waals surface area contributed by atoms with Gasteiger partial charge in [-0.3, -0.25) is 4.57 Å². The SMILES string of the molecule is Cc1cccc(-n2c(SCCCNS(C)(=O)=O)nnc2-c2c[nH]c3ccccc23)c1. The Labute approximate surface area is 180 Å². The van der Waals surface area contributed by atoms with Gasteiger partial charge in [0.15, 0.2) is 11.0 Å². The highest BCUT2D eigenvalue weighted by atomic mass is 32.2. The Morgan fingerprint density at radius 3 is 2.77 bits per heavy atom. The highest BCUT2D eigenvalue weighted by Crippen LogP contribution is 2.32. The second kappa shape index (κ2) is 8.63. The lowest BCUT2D eigenvalue weighted by atomic mass is 10.1. The molecule has 0 amide bonds. The van der Waals surface area contributed by atoms with Crippen LogP contribution in [0.5, 0.6) is 0 Å². The van der Waals surface area contributed by atoms with E-state index < -0.39 is 10.0 Å². The lowest BCUT2D eigenvalue weighted by Gasteiger charge is -2.11. The molecule has 2 aromatic carbocycles. The van der Waals surface area contributed by atoms with Crippen LogP contribution in [-0.4, -0.2) is 46.7 Å². The monoisotopic (exact) mass is 441 g/mol. The third kappa shape index (κ3) is 4.58. The van der Waals surface area contributed by atoms with Crippen LogP contribution in [-0.2, 0) is 10.0 Å². The summed E-state index contributed by atoms with van der Waals surface area (Å²) in [7, 11) is -3.17. The molecule has 0 saturated heterocycles. The summed E-state index contributed by atoms with van der Waals surface area (Å²) < 4.78 is 27.0. The van der Waals surface area contributed by atoms with Crippen LogP contribution in [0, 0.1) is 6.92 Å². The lowest BCUT2D eigenvalue weighted by molar-refractivity contribution is 0.587. The maximum absolute atomic E-state index is 11.2. The standard InChI is InChI=1S/C21H23N5O2S2/c1-15-7-5-8-16(13-15)26-20(18-14-22-19-10-4-3-9-17(18)19)24-25-21(26)29-12-6-11-23-30(2,27)28/h3-5,7-10,13-14,22-23H,6,11-12H2,1-2H3. The van der Waals surface area contributed by atoms with Crippen molar-refractivity contribution < 1.29 is 8.42 Å². The average Bonchev–Trinajstić information content (AvgIpc) is 3.30. The maximum atomic E-state index is 11.2. The Morgan fingerprint density at radius 1 is 1.13 bits per heavy atom. The van der Waals surface area contributed by atoms with Gasteiger partial charge in [-0.1, -0.05) is 42.1 Å². The lowest BCUT2D eigenvalue weighted by Crippen LogP contribution is -2.23. The number of fused-ring (bicyclic) bond motifs is 1. The molecule has 7 nitrogen and oxygen atoms in total. The van der Waals surface area contributed by atoms with E-state index in [1.54, 1.807) is 11.8 Å². The molecule has 2 aromatic heterocycles. The van der Waals surface area contributed by atoms with Crippen LogP contribution in [0.1, 0.15) is 12.0 Å². The zero-order valence-corrected chi connectivity index (χ0v) is 18.4. The normalized spacial score (nSPS) is 11.9. The van der Waals surface area contributed by atoms with Gasteiger partial charge in [0.1, 0.15) is 0 Å². The van der Waals surface area contributed by atoms with Gasteiger partial charge in [0.05, 0.1) is 6.26 Å². The van der Waals surface area contributed by atoms with Gasteiger partial charge < -0.3 is 4.98 Å². The van der Waals surface area contributed by atoms with Crippen molar-refractivity contribution in [3.63, 3.8) is 0 Å². The summed E-state index contributed by atoms with van der Waals surface area (Å²) in [6.07, 6.45) is 3.83. The van der Waals surface area contributed by atoms with Gasteiger partial charge >= 0.3 is 0 Å². The fourth-order valence-corrected chi connectivity index (χ4v) is 4.69. The number of benzene rings is 2.